The number of carbonyl (C=O) groups excluding carboxylic acids is 1. The lowest BCUT2D eigenvalue weighted by atomic mass is 10.1. The first kappa shape index (κ1) is 31.2. The Hall–Kier alpha value is -5.20. The van der Waals surface area contributed by atoms with Crippen LogP contribution in [0.25, 0.3) is 28.0 Å². The third kappa shape index (κ3) is 7.31. The van der Waals surface area contributed by atoms with Gasteiger partial charge in [-0.1, -0.05) is 42.5 Å². The van der Waals surface area contributed by atoms with Gasteiger partial charge in [0.1, 0.15) is 35.5 Å². The molecule has 8 nitrogen and oxygen atoms in total. The zero-order valence-electron chi connectivity index (χ0n) is 24.2. The Labute approximate surface area is 254 Å². The van der Waals surface area contributed by atoms with Crippen molar-refractivity contribution in [1.82, 2.24) is 14.5 Å². The van der Waals surface area contributed by atoms with Gasteiger partial charge in [0.25, 0.3) is 6.36 Å². The summed E-state index contributed by atoms with van der Waals surface area (Å²) in [6, 6.07) is 18.4. The molecule has 0 radical (unpaired) electrons. The molecule has 1 amide bonds. The topological polar surface area (TPSA) is 87.5 Å². The van der Waals surface area contributed by atoms with E-state index in [2.05, 4.69) is 15.3 Å². The molecular formula is C32H27F5N4O4. The summed E-state index contributed by atoms with van der Waals surface area (Å²) in [5, 5.41) is 2.58. The van der Waals surface area contributed by atoms with E-state index in [0.29, 0.717) is 11.3 Å². The molecular weight excluding hydrogens is 599 g/mol. The standard InChI is InChI=1S/C32H27F5N4O4/c1-32(2,3)45-31(42)40-20-11-9-19(10-12-20)25-15-24-27(30(39-17-38-24)44-29(37)28(35)36)41(25)26-22(33)13-21(14-23(26)34)43-16-18-7-5-4-6-8-18/h4-15,17,28-29H,16H2,1-3H3,(H,40,42). The normalized spacial score (nSPS) is 12.3. The van der Waals surface area contributed by atoms with Crippen molar-refractivity contribution in [3.63, 3.8) is 0 Å². The van der Waals surface area contributed by atoms with Crippen molar-refractivity contribution in [2.75, 3.05) is 5.32 Å². The van der Waals surface area contributed by atoms with Gasteiger partial charge in [0.05, 0.1) is 11.2 Å². The Balaban J connectivity index is 1.59. The quantitative estimate of drug-likeness (QED) is 0.166. The van der Waals surface area contributed by atoms with Gasteiger partial charge in [-0.05, 0) is 50.1 Å². The highest BCUT2D eigenvalue weighted by Crippen LogP contribution is 2.38. The van der Waals surface area contributed by atoms with Gasteiger partial charge in [-0.3, -0.25) is 9.88 Å². The van der Waals surface area contributed by atoms with E-state index in [1.54, 1.807) is 45.0 Å². The molecule has 13 heteroatoms. The summed E-state index contributed by atoms with van der Waals surface area (Å²) in [6.45, 7) is 5.17. The number of ether oxygens (including phenoxy) is 3. The molecule has 0 saturated heterocycles. The highest BCUT2D eigenvalue weighted by molar-refractivity contribution is 5.90. The van der Waals surface area contributed by atoms with Crippen LogP contribution in [0.1, 0.15) is 26.3 Å². The maximum Gasteiger partial charge on any atom is 0.412 e. The minimum atomic E-state index is -3.52. The van der Waals surface area contributed by atoms with Gasteiger partial charge in [0, 0.05) is 17.8 Å². The number of nitrogens with zero attached hydrogens (tertiary/aromatic N) is 3. The summed E-state index contributed by atoms with van der Waals surface area (Å²) >= 11 is 0. The Kier molecular flexibility index (Phi) is 8.89. The van der Waals surface area contributed by atoms with Crippen molar-refractivity contribution in [3.05, 3.63) is 96.3 Å². The number of hydrogen-bond acceptors (Lipinski definition) is 6. The van der Waals surface area contributed by atoms with Crippen LogP contribution in [0.2, 0.25) is 0 Å². The number of hydrogen-bond donors (Lipinski definition) is 1. The van der Waals surface area contributed by atoms with E-state index in [-0.39, 0.29) is 29.1 Å². The third-order valence-corrected chi connectivity index (χ3v) is 6.27. The molecule has 0 aliphatic rings. The molecule has 5 rings (SSSR count). The predicted molar refractivity (Wildman–Crippen MR) is 156 cm³/mol. The first-order valence-electron chi connectivity index (χ1n) is 13.6. The summed E-state index contributed by atoms with van der Waals surface area (Å²) in [7, 11) is 0. The summed E-state index contributed by atoms with van der Waals surface area (Å²) < 4.78 is 88.4. The molecule has 0 bridgehead atoms. The van der Waals surface area contributed by atoms with Gasteiger partial charge in [-0.2, -0.15) is 9.37 Å². The highest BCUT2D eigenvalue weighted by atomic mass is 19.3. The number of carbonyl (C=O) groups is 1. The lowest BCUT2D eigenvalue weighted by molar-refractivity contribution is -0.0683. The van der Waals surface area contributed by atoms with E-state index in [0.717, 1.165) is 28.6 Å². The van der Waals surface area contributed by atoms with Crippen molar-refractivity contribution in [3.8, 4) is 28.6 Å². The second kappa shape index (κ2) is 12.8. The number of amides is 1. The van der Waals surface area contributed by atoms with E-state index >= 15 is 8.78 Å². The van der Waals surface area contributed by atoms with Crippen molar-refractivity contribution < 1.29 is 41.0 Å². The molecule has 1 unspecified atom stereocenters. The monoisotopic (exact) mass is 626 g/mol. The Bertz CT molecular complexity index is 1790. The molecule has 2 heterocycles. The van der Waals surface area contributed by atoms with E-state index in [9.17, 15) is 18.0 Å². The molecule has 2 aromatic heterocycles. The van der Waals surface area contributed by atoms with Crippen molar-refractivity contribution in [2.24, 2.45) is 0 Å². The Morgan fingerprint density at radius 2 is 1.60 bits per heavy atom. The lowest BCUT2D eigenvalue weighted by Gasteiger charge is -2.19. The van der Waals surface area contributed by atoms with Gasteiger partial charge in [0.2, 0.25) is 5.88 Å². The largest absolute Gasteiger partial charge is 0.489 e. The fraction of sp³-hybridized carbons (Fsp3) is 0.219. The first-order valence-corrected chi connectivity index (χ1v) is 13.6. The van der Waals surface area contributed by atoms with Gasteiger partial charge in [-0.15, -0.1) is 0 Å². The number of fused-ring (bicyclic) bond motifs is 1. The molecule has 0 saturated carbocycles. The van der Waals surface area contributed by atoms with Crippen LogP contribution in [-0.2, 0) is 11.3 Å². The number of rotatable bonds is 9. The average Bonchev–Trinajstić information content (AvgIpc) is 3.35. The Morgan fingerprint density at radius 3 is 2.22 bits per heavy atom. The summed E-state index contributed by atoms with van der Waals surface area (Å²) in [5.74, 6) is -2.94. The molecule has 45 heavy (non-hydrogen) atoms. The molecule has 0 aliphatic heterocycles. The number of nitrogens with one attached hydrogen (secondary N) is 1. The van der Waals surface area contributed by atoms with Crippen LogP contribution in [0.5, 0.6) is 11.6 Å². The number of benzene rings is 3. The maximum absolute atomic E-state index is 15.8. The lowest BCUT2D eigenvalue weighted by Crippen LogP contribution is -2.27. The zero-order chi connectivity index (χ0) is 32.3. The fourth-order valence-corrected chi connectivity index (χ4v) is 4.42. The fourth-order valence-electron chi connectivity index (χ4n) is 4.42. The van der Waals surface area contributed by atoms with E-state index in [1.807, 2.05) is 6.07 Å². The number of alkyl halides is 3. The summed E-state index contributed by atoms with van der Waals surface area (Å²) in [4.78, 5) is 20.1. The van der Waals surface area contributed by atoms with Crippen LogP contribution < -0.4 is 14.8 Å². The molecule has 1 N–H and O–H groups in total. The van der Waals surface area contributed by atoms with Crippen molar-refractivity contribution in [2.45, 2.75) is 45.8 Å². The summed E-state index contributed by atoms with van der Waals surface area (Å²) in [5.41, 5.74) is 0.00179. The van der Waals surface area contributed by atoms with Gasteiger partial charge >= 0.3 is 12.5 Å². The van der Waals surface area contributed by atoms with Crippen LogP contribution in [0, 0.1) is 11.6 Å². The van der Waals surface area contributed by atoms with Gasteiger partial charge in [-0.25, -0.2) is 27.3 Å². The molecule has 0 spiro atoms. The molecule has 5 aromatic rings. The maximum atomic E-state index is 15.8. The van der Waals surface area contributed by atoms with Crippen LogP contribution in [-0.4, -0.2) is 39.0 Å². The number of halogens is 5. The predicted octanol–water partition coefficient (Wildman–Crippen LogP) is 8.23. The van der Waals surface area contributed by atoms with E-state index < -0.39 is 47.7 Å². The molecule has 1 atom stereocenters. The van der Waals surface area contributed by atoms with Crippen LogP contribution in [0.15, 0.2) is 79.1 Å². The smallest absolute Gasteiger partial charge is 0.412 e. The average molecular weight is 627 g/mol. The number of anilines is 1. The Morgan fingerprint density at radius 1 is 0.933 bits per heavy atom. The molecule has 0 fully saturated rings. The van der Waals surface area contributed by atoms with Gasteiger partial charge in [0.15, 0.2) is 11.6 Å². The van der Waals surface area contributed by atoms with Crippen LogP contribution in [0.4, 0.5) is 32.4 Å². The summed E-state index contributed by atoms with van der Waals surface area (Å²) in [6.07, 6.45) is -6.33. The van der Waals surface area contributed by atoms with E-state index in [1.165, 1.54) is 30.3 Å². The minimum absolute atomic E-state index is 0.0237. The van der Waals surface area contributed by atoms with E-state index in [4.69, 9.17) is 14.2 Å². The van der Waals surface area contributed by atoms with Crippen molar-refractivity contribution >= 4 is 22.8 Å². The third-order valence-electron chi connectivity index (χ3n) is 6.27. The second-order valence-electron chi connectivity index (χ2n) is 10.8. The molecule has 234 valence electrons. The molecule has 3 aromatic carbocycles. The van der Waals surface area contributed by atoms with Crippen LogP contribution in [0.3, 0.4) is 0 Å². The van der Waals surface area contributed by atoms with Gasteiger partial charge < -0.3 is 14.2 Å². The van der Waals surface area contributed by atoms with Crippen LogP contribution >= 0.6 is 0 Å². The first-order chi connectivity index (χ1) is 21.4. The zero-order valence-corrected chi connectivity index (χ0v) is 24.2. The molecule has 0 aliphatic carbocycles. The SMILES string of the molecule is CC(C)(C)OC(=O)Nc1ccc(-c2cc3ncnc(OC(F)C(F)F)c3n2-c2c(F)cc(OCc3ccccc3)cc2F)cc1. The highest BCUT2D eigenvalue weighted by Gasteiger charge is 2.28. The number of aromatic nitrogens is 3. The minimum Gasteiger partial charge on any atom is -0.489 e. The van der Waals surface area contributed by atoms with Crippen molar-refractivity contribution in [1.29, 1.82) is 0 Å². The second-order valence-corrected chi connectivity index (χ2v) is 10.8.